The van der Waals surface area contributed by atoms with Gasteiger partial charge in [0.15, 0.2) is 0 Å². The second kappa shape index (κ2) is 18.0. The molecule has 1 aliphatic heterocycles. The lowest BCUT2D eigenvalue weighted by Gasteiger charge is -2.58. The van der Waals surface area contributed by atoms with Crippen molar-refractivity contribution in [2.75, 3.05) is 26.4 Å². The van der Waals surface area contributed by atoms with Crippen LogP contribution in [-0.2, 0) is 9.57 Å². The van der Waals surface area contributed by atoms with Crippen LogP contribution in [0.25, 0.3) is 10.8 Å². The van der Waals surface area contributed by atoms with E-state index in [2.05, 4.69) is 61.2 Å². The molecule has 7 rings (SSSR count). The monoisotopic (exact) mass is 761 g/mol. The number of benzene rings is 4. The van der Waals surface area contributed by atoms with E-state index >= 15 is 0 Å². The Balaban J connectivity index is 1.41. The molecule has 0 spiro atoms. The van der Waals surface area contributed by atoms with Crippen LogP contribution in [0.2, 0.25) is 0 Å². The zero-order chi connectivity index (χ0) is 38.2. The minimum Gasteiger partial charge on any atom is -0.460 e. The SMILES string of the molecule is C=CCO[C@@]12Oc3ccc(Oc4cccc(C=O)c4)cc3[C@H]3[C@H](CCCCO)[C@@H](CCCCO)C=C(C(=NOCC)C[C@@H]1Sc1ccc4ccccc4c1)[C@H]32. The molecular formula is C46H51NO7S. The molecule has 3 aliphatic rings. The first-order chi connectivity index (χ1) is 27.0. The van der Waals surface area contributed by atoms with Crippen LogP contribution < -0.4 is 9.47 Å². The van der Waals surface area contributed by atoms with Gasteiger partial charge in [0.1, 0.15) is 30.1 Å². The second-order valence-electron chi connectivity index (χ2n) is 14.6. The average Bonchev–Trinajstić information content (AvgIpc) is 3.21. The number of hydrogen-bond acceptors (Lipinski definition) is 9. The number of carbonyl (C=O) groups is 1. The fourth-order valence-corrected chi connectivity index (χ4v) is 10.2. The van der Waals surface area contributed by atoms with Gasteiger partial charge < -0.3 is 29.3 Å². The van der Waals surface area contributed by atoms with Gasteiger partial charge in [0, 0.05) is 41.6 Å². The number of aliphatic hydroxyl groups excluding tert-OH is 2. The zero-order valence-electron chi connectivity index (χ0n) is 31.5. The number of thioether (sulfide) groups is 1. The summed E-state index contributed by atoms with van der Waals surface area (Å²) >= 11 is 1.75. The maximum atomic E-state index is 11.6. The summed E-state index contributed by atoms with van der Waals surface area (Å²) in [7, 11) is 0. The van der Waals surface area contributed by atoms with Gasteiger partial charge in [0.05, 0.1) is 23.5 Å². The van der Waals surface area contributed by atoms with Gasteiger partial charge in [-0.2, -0.15) is 0 Å². The summed E-state index contributed by atoms with van der Waals surface area (Å²) in [5.41, 5.74) is 3.56. The Bertz CT molecular complexity index is 2030. The minimum absolute atomic E-state index is 0.0666. The number of allylic oxidation sites excluding steroid dienone is 1. The molecule has 0 amide bonds. The molecule has 288 valence electrons. The van der Waals surface area contributed by atoms with Crippen molar-refractivity contribution in [3.8, 4) is 17.2 Å². The molecule has 1 fully saturated rings. The number of aldehydes is 1. The Labute approximate surface area is 328 Å². The molecule has 0 radical (unpaired) electrons. The van der Waals surface area contributed by atoms with Crippen molar-refractivity contribution in [2.45, 2.75) is 73.7 Å². The number of nitrogens with zero attached hydrogens (tertiary/aromatic N) is 1. The molecule has 4 aromatic rings. The summed E-state index contributed by atoms with van der Waals surface area (Å²) < 4.78 is 20.8. The molecule has 2 aliphatic carbocycles. The van der Waals surface area contributed by atoms with Crippen LogP contribution in [0.15, 0.2) is 119 Å². The molecule has 1 heterocycles. The van der Waals surface area contributed by atoms with E-state index < -0.39 is 5.79 Å². The lowest BCUT2D eigenvalue weighted by molar-refractivity contribution is -0.223. The number of aliphatic hydroxyl groups is 2. The lowest BCUT2D eigenvalue weighted by Crippen LogP contribution is -2.64. The summed E-state index contributed by atoms with van der Waals surface area (Å²) in [4.78, 5) is 18.5. The molecule has 0 aromatic heterocycles. The van der Waals surface area contributed by atoms with Crippen LogP contribution in [0, 0.1) is 17.8 Å². The van der Waals surface area contributed by atoms with E-state index in [1.807, 2.05) is 31.2 Å². The first-order valence-electron chi connectivity index (χ1n) is 19.6. The molecule has 0 saturated heterocycles. The summed E-state index contributed by atoms with van der Waals surface area (Å²) in [5, 5.41) is 26.7. The van der Waals surface area contributed by atoms with E-state index in [9.17, 15) is 15.0 Å². The van der Waals surface area contributed by atoms with Crippen LogP contribution in [0.3, 0.4) is 0 Å². The largest absolute Gasteiger partial charge is 0.460 e. The third-order valence-electron chi connectivity index (χ3n) is 11.2. The maximum Gasteiger partial charge on any atom is 0.231 e. The molecule has 8 nitrogen and oxygen atoms in total. The predicted octanol–water partition coefficient (Wildman–Crippen LogP) is 9.89. The Morgan fingerprint density at radius 2 is 1.73 bits per heavy atom. The first-order valence-corrected chi connectivity index (χ1v) is 20.5. The summed E-state index contributed by atoms with van der Waals surface area (Å²) in [6, 6.07) is 28.1. The molecular weight excluding hydrogens is 711 g/mol. The van der Waals surface area contributed by atoms with Crippen molar-refractivity contribution >= 4 is 34.5 Å². The van der Waals surface area contributed by atoms with E-state index in [1.165, 1.54) is 10.8 Å². The first kappa shape index (κ1) is 38.8. The molecule has 6 atom stereocenters. The number of oxime groups is 1. The maximum absolute atomic E-state index is 11.6. The van der Waals surface area contributed by atoms with Crippen molar-refractivity contribution in [3.05, 3.63) is 120 Å². The number of ether oxygens (including phenoxy) is 3. The van der Waals surface area contributed by atoms with Crippen molar-refractivity contribution in [1.29, 1.82) is 0 Å². The smallest absolute Gasteiger partial charge is 0.231 e. The van der Waals surface area contributed by atoms with Crippen LogP contribution in [0.4, 0.5) is 0 Å². The van der Waals surface area contributed by atoms with E-state index in [4.69, 9.17) is 24.2 Å². The van der Waals surface area contributed by atoms with Crippen molar-refractivity contribution < 1.29 is 34.1 Å². The topological polar surface area (TPSA) is 107 Å². The van der Waals surface area contributed by atoms with Crippen molar-refractivity contribution in [2.24, 2.45) is 22.9 Å². The van der Waals surface area contributed by atoms with Crippen LogP contribution in [-0.4, -0.2) is 59.7 Å². The van der Waals surface area contributed by atoms with Crippen LogP contribution >= 0.6 is 11.8 Å². The van der Waals surface area contributed by atoms with Gasteiger partial charge in [0.25, 0.3) is 0 Å². The van der Waals surface area contributed by atoms with E-state index in [0.717, 1.165) is 65.9 Å². The van der Waals surface area contributed by atoms with Gasteiger partial charge in [-0.25, -0.2) is 0 Å². The van der Waals surface area contributed by atoms with Crippen molar-refractivity contribution in [3.63, 3.8) is 0 Å². The molecule has 55 heavy (non-hydrogen) atoms. The van der Waals surface area contributed by atoms with E-state index in [-0.39, 0.29) is 42.1 Å². The lowest BCUT2D eigenvalue weighted by atomic mass is 9.56. The highest BCUT2D eigenvalue weighted by Crippen LogP contribution is 2.63. The van der Waals surface area contributed by atoms with Gasteiger partial charge in [-0.1, -0.05) is 72.6 Å². The third-order valence-corrected chi connectivity index (χ3v) is 12.5. The van der Waals surface area contributed by atoms with Crippen LogP contribution in [0.5, 0.6) is 17.2 Å². The number of fused-ring (bicyclic) bond motifs is 3. The standard InChI is InChI=1S/C46H51NO7S/c1-3-24-51-46-43(55-37-20-18-32-13-5-6-14-33(32)26-37)29-41(47-52-4-2)39-27-34(15-7-9-22-48)38(17-8-10-23-49)44(45(39)46)40-28-36(19-21-42(40)54-46)53-35-16-11-12-31(25-35)30-50/h3,5-6,11-14,16,18-21,25-28,30,34,38,43-45,48-49H,1,4,7-10,15,17,22-24,29H2,2H3/t34-,38+,43-,44+,45+,46+/m0/s1. The number of hydrogen-bond donors (Lipinski definition) is 2. The molecule has 0 bridgehead atoms. The van der Waals surface area contributed by atoms with Crippen LogP contribution in [0.1, 0.15) is 73.7 Å². The molecule has 2 N–H and O–H groups in total. The Morgan fingerprint density at radius 1 is 0.927 bits per heavy atom. The second-order valence-corrected chi connectivity index (χ2v) is 15.9. The van der Waals surface area contributed by atoms with E-state index in [1.54, 1.807) is 30.0 Å². The summed E-state index contributed by atoms with van der Waals surface area (Å²) in [5.74, 6) is 0.895. The van der Waals surface area contributed by atoms with Gasteiger partial charge in [-0.3, -0.25) is 4.79 Å². The molecule has 4 aromatic carbocycles. The highest BCUT2D eigenvalue weighted by molar-refractivity contribution is 8.00. The van der Waals surface area contributed by atoms with Gasteiger partial charge in [-0.15, -0.1) is 18.3 Å². The molecule has 1 saturated carbocycles. The fourth-order valence-electron chi connectivity index (χ4n) is 8.82. The minimum atomic E-state index is -1.09. The normalized spacial score (nSPS) is 24.7. The number of unbranched alkanes of at least 4 members (excludes halogenated alkanes) is 2. The number of carbonyl (C=O) groups excluding carboxylic acids is 1. The highest BCUT2D eigenvalue weighted by atomic mass is 32.2. The van der Waals surface area contributed by atoms with Gasteiger partial charge in [-0.05, 0) is 103 Å². The summed E-state index contributed by atoms with van der Waals surface area (Å²) in [6.45, 7) is 7.02. The highest BCUT2D eigenvalue weighted by Gasteiger charge is 2.64. The number of rotatable bonds is 18. The third kappa shape index (κ3) is 8.26. The van der Waals surface area contributed by atoms with E-state index in [0.29, 0.717) is 43.1 Å². The Morgan fingerprint density at radius 3 is 2.51 bits per heavy atom. The van der Waals surface area contributed by atoms with Gasteiger partial charge >= 0.3 is 0 Å². The fraction of sp³-hybridized carbons (Fsp3) is 0.391. The predicted molar refractivity (Wildman–Crippen MR) is 218 cm³/mol. The zero-order valence-corrected chi connectivity index (χ0v) is 32.3. The molecule has 9 heteroatoms. The quantitative estimate of drug-likeness (QED) is 0.0447. The Kier molecular flexibility index (Phi) is 12.7. The van der Waals surface area contributed by atoms with Crippen molar-refractivity contribution in [1.82, 2.24) is 0 Å². The van der Waals surface area contributed by atoms with Gasteiger partial charge in [0.2, 0.25) is 5.79 Å². The summed E-state index contributed by atoms with van der Waals surface area (Å²) in [6.07, 6.45) is 10.6. The average molecular weight is 762 g/mol. The molecule has 0 unspecified atom stereocenters. The Hall–Kier alpha value is -4.41.